The SMILES string of the molecule is CCCOC(=O)OC[C@@]1(C)O[C@@H](c2ccc3c(N)ncnn23)[C@H](O)[C@@H]1O. The molecule has 0 bridgehead atoms. The summed E-state index contributed by atoms with van der Waals surface area (Å²) in [6, 6.07) is 3.38. The summed E-state index contributed by atoms with van der Waals surface area (Å²) in [5, 5.41) is 25.0. The highest BCUT2D eigenvalue weighted by atomic mass is 16.7. The number of ether oxygens (including phenoxy) is 3. The van der Waals surface area contributed by atoms with Crippen LogP contribution in [0, 0.1) is 0 Å². The molecule has 1 saturated heterocycles. The van der Waals surface area contributed by atoms with Crippen LogP contribution in [0.3, 0.4) is 0 Å². The predicted octanol–water partition coefficient (Wildman–Crippen LogP) is 0.426. The number of anilines is 1. The molecule has 0 aromatic carbocycles. The molecule has 142 valence electrons. The first-order valence-corrected chi connectivity index (χ1v) is 8.29. The molecule has 1 aliphatic rings. The van der Waals surface area contributed by atoms with Crippen molar-refractivity contribution in [2.24, 2.45) is 0 Å². The van der Waals surface area contributed by atoms with Crippen molar-refractivity contribution < 1.29 is 29.2 Å². The van der Waals surface area contributed by atoms with E-state index in [1.807, 2.05) is 6.92 Å². The maximum Gasteiger partial charge on any atom is 0.508 e. The topological polar surface area (TPSA) is 141 Å². The highest BCUT2D eigenvalue weighted by Crippen LogP contribution is 2.40. The number of nitrogen functional groups attached to an aromatic ring is 1. The van der Waals surface area contributed by atoms with Crippen molar-refractivity contribution in [2.45, 2.75) is 44.2 Å². The van der Waals surface area contributed by atoms with Crippen molar-refractivity contribution in [3.8, 4) is 0 Å². The first-order valence-electron chi connectivity index (χ1n) is 8.29. The minimum absolute atomic E-state index is 0.238. The minimum Gasteiger partial charge on any atom is -0.434 e. The lowest BCUT2D eigenvalue weighted by atomic mass is 9.97. The van der Waals surface area contributed by atoms with Gasteiger partial charge in [-0.3, -0.25) is 0 Å². The fourth-order valence-electron chi connectivity index (χ4n) is 2.93. The Kier molecular flexibility index (Phi) is 4.99. The van der Waals surface area contributed by atoms with Crippen LogP contribution in [0.5, 0.6) is 0 Å². The van der Waals surface area contributed by atoms with Crippen LogP contribution < -0.4 is 5.73 Å². The van der Waals surface area contributed by atoms with Gasteiger partial charge in [0.2, 0.25) is 0 Å². The highest BCUT2D eigenvalue weighted by Gasteiger charge is 2.53. The Bertz CT molecular complexity index is 796. The molecule has 3 rings (SSSR count). The molecule has 10 heteroatoms. The summed E-state index contributed by atoms with van der Waals surface area (Å²) in [5.74, 6) is 0.282. The lowest BCUT2D eigenvalue weighted by Gasteiger charge is -2.26. The summed E-state index contributed by atoms with van der Waals surface area (Å²) < 4.78 is 17.2. The maximum atomic E-state index is 11.5. The minimum atomic E-state index is -1.31. The van der Waals surface area contributed by atoms with Gasteiger partial charge in [0, 0.05) is 0 Å². The summed E-state index contributed by atoms with van der Waals surface area (Å²) in [5.41, 5.74) is 5.56. The molecule has 0 spiro atoms. The van der Waals surface area contributed by atoms with E-state index in [-0.39, 0.29) is 19.0 Å². The van der Waals surface area contributed by atoms with E-state index in [0.29, 0.717) is 17.6 Å². The summed E-state index contributed by atoms with van der Waals surface area (Å²) >= 11 is 0. The van der Waals surface area contributed by atoms with Gasteiger partial charge in [-0.1, -0.05) is 6.92 Å². The van der Waals surface area contributed by atoms with E-state index in [4.69, 9.17) is 19.9 Å². The van der Waals surface area contributed by atoms with Crippen LogP contribution in [-0.2, 0) is 14.2 Å². The van der Waals surface area contributed by atoms with E-state index in [1.165, 1.54) is 10.8 Å². The van der Waals surface area contributed by atoms with Gasteiger partial charge in [-0.2, -0.15) is 5.10 Å². The third-order valence-electron chi connectivity index (χ3n) is 4.36. The summed E-state index contributed by atoms with van der Waals surface area (Å²) in [7, 11) is 0. The molecule has 3 heterocycles. The number of aromatic nitrogens is 3. The molecule has 2 aromatic heterocycles. The average Bonchev–Trinajstić information content (AvgIpc) is 3.15. The second-order valence-corrected chi connectivity index (χ2v) is 6.37. The van der Waals surface area contributed by atoms with Crippen LogP contribution in [0.2, 0.25) is 0 Å². The quantitative estimate of drug-likeness (QED) is 0.642. The molecule has 0 aliphatic carbocycles. The standard InChI is InChI=1S/C16H22N4O6/c1-3-6-24-15(23)25-7-16(2)13(22)11(21)12(26-16)9-4-5-10-14(17)18-8-19-20(9)10/h4-5,8,11-13,21-22H,3,6-7H2,1-2H3,(H2,17,18,19)/t11-,12-,13-,16+/m0/s1. The molecule has 1 aliphatic heterocycles. The molecule has 26 heavy (non-hydrogen) atoms. The van der Waals surface area contributed by atoms with Gasteiger partial charge in [-0.15, -0.1) is 0 Å². The molecule has 4 atom stereocenters. The van der Waals surface area contributed by atoms with E-state index in [1.54, 1.807) is 19.1 Å². The van der Waals surface area contributed by atoms with Crippen LogP contribution in [0.25, 0.3) is 5.52 Å². The molecule has 0 unspecified atom stereocenters. The third-order valence-corrected chi connectivity index (χ3v) is 4.36. The van der Waals surface area contributed by atoms with Crippen LogP contribution >= 0.6 is 0 Å². The van der Waals surface area contributed by atoms with Gasteiger partial charge in [0.25, 0.3) is 0 Å². The van der Waals surface area contributed by atoms with E-state index >= 15 is 0 Å². The zero-order valence-electron chi connectivity index (χ0n) is 14.5. The van der Waals surface area contributed by atoms with Gasteiger partial charge < -0.3 is 30.2 Å². The molecule has 0 amide bonds. The van der Waals surface area contributed by atoms with Gasteiger partial charge in [0.15, 0.2) is 5.82 Å². The van der Waals surface area contributed by atoms with Crippen molar-refractivity contribution in [1.29, 1.82) is 0 Å². The van der Waals surface area contributed by atoms with Crippen LogP contribution in [0.15, 0.2) is 18.5 Å². The number of aliphatic hydroxyl groups is 2. The molecule has 2 aromatic rings. The lowest BCUT2D eigenvalue weighted by Crippen LogP contribution is -2.44. The lowest BCUT2D eigenvalue weighted by molar-refractivity contribution is -0.109. The van der Waals surface area contributed by atoms with E-state index in [0.717, 1.165) is 0 Å². The van der Waals surface area contributed by atoms with Gasteiger partial charge in [-0.25, -0.2) is 14.3 Å². The fourth-order valence-corrected chi connectivity index (χ4v) is 2.93. The number of carbonyl (C=O) groups excluding carboxylic acids is 1. The van der Waals surface area contributed by atoms with Crippen LogP contribution in [0.1, 0.15) is 32.1 Å². The monoisotopic (exact) mass is 366 g/mol. The number of aliphatic hydroxyl groups excluding tert-OH is 2. The smallest absolute Gasteiger partial charge is 0.434 e. The van der Waals surface area contributed by atoms with Gasteiger partial charge in [0.05, 0.1) is 12.3 Å². The summed E-state index contributed by atoms with van der Waals surface area (Å²) in [6.45, 7) is 3.37. The second kappa shape index (κ2) is 7.06. The zero-order chi connectivity index (χ0) is 18.9. The largest absolute Gasteiger partial charge is 0.508 e. The molecule has 4 N–H and O–H groups in total. The van der Waals surface area contributed by atoms with Crippen molar-refractivity contribution in [2.75, 3.05) is 18.9 Å². The third kappa shape index (κ3) is 3.18. The normalized spacial score (nSPS) is 28.4. The number of nitrogens with two attached hydrogens (primary N) is 1. The van der Waals surface area contributed by atoms with Crippen LogP contribution in [-0.4, -0.2) is 62.0 Å². The first kappa shape index (κ1) is 18.4. The molecule has 10 nitrogen and oxygen atoms in total. The molecule has 0 radical (unpaired) electrons. The fraction of sp³-hybridized carbons (Fsp3) is 0.562. The van der Waals surface area contributed by atoms with E-state index in [2.05, 4.69) is 10.1 Å². The van der Waals surface area contributed by atoms with Gasteiger partial charge in [-0.05, 0) is 25.5 Å². The predicted molar refractivity (Wildman–Crippen MR) is 89.2 cm³/mol. The number of hydrogen-bond acceptors (Lipinski definition) is 9. The van der Waals surface area contributed by atoms with Crippen LogP contribution in [0.4, 0.5) is 10.6 Å². The molecule has 1 fully saturated rings. The maximum absolute atomic E-state index is 11.5. The highest BCUT2D eigenvalue weighted by molar-refractivity contribution is 5.65. The van der Waals surface area contributed by atoms with Crippen molar-refractivity contribution in [3.05, 3.63) is 24.2 Å². The van der Waals surface area contributed by atoms with Crippen molar-refractivity contribution >= 4 is 17.5 Å². The van der Waals surface area contributed by atoms with Gasteiger partial charge in [0.1, 0.15) is 42.4 Å². The Labute approximate surface area is 149 Å². The Morgan fingerprint density at radius 1 is 1.42 bits per heavy atom. The summed E-state index contributed by atoms with van der Waals surface area (Å²) in [4.78, 5) is 15.4. The molecular weight excluding hydrogens is 344 g/mol. The Morgan fingerprint density at radius 3 is 2.92 bits per heavy atom. The number of nitrogens with zero attached hydrogens (tertiary/aromatic N) is 3. The van der Waals surface area contributed by atoms with Crippen molar-refractivity contribution in [1.82, 2.24) is 14.6 Å². The number of hydrogen-bond donors (Lipinski definition) is 3. The number of rotatable bonds is 5. The van der Waals surface area contributed by atoms with E-state index in [9.17, 15) is 15.0 Å². The molecule has 0 saturated carbocycles. The van der Waals surface area contributed by atoms with E-state index < -0.39 is 30.1 Å². The molecular formula is C16H22N4O6. The first-order chi connectivity index (χ1) is 12.4. The Morgan fingerprint density at radius 2 is 2.19 bits per heavy atom. The number of carbonyl (C=O) groups is 1. The Hall–Kier alpha value is -2.43. The van der Waals surface area contributed by atoms with Gasteiger partial charge >= 0.3 is 6.16 Å². The second-order valence-electron chi connectivity index (χ2n) is 6.37. The van der Waals surface area contributed by atoms with Crippen molar-refractivity contribution in [3.63, 3.8) is 0 Å². The Balaban J connectivity index is 1.78. The summed E-state index contributed by atoms with van der Waals surface area (Å²) in [6.07, 6.45) is -2.31. The zero-order valence-corrected chi connectivity index (χ0v) is 14.5. The average molecular weight is 366 g/mol. The number of fused-ring (bicyclic) bond motifs is 1.